The molecule has 654 valence electrons. The second kappa shape index (κ2) is 48.6. The number of aliphatic hydroxyl groups excluding tert-OH is 1. The number of nitrogens with one attached hydrogen (secondary N) is 3. The minimum absolute atomic E-state index is 0.00277. The lowest BCUT2D eigenvalue weighted by Crippen LogP contribution is -2.56. The number of carbonyl (C=O) groups excluding carboxylic acids is 1. The van der Waals surface area contributed by atoms with Crippen molar-refractivity contribution in [2.24, 2.45) is 5.73 Å². The summed E-state index contributed by atoms with van der Waals surface area (Å²) in [4.78, 5) is 69.2. The molecule has 8 aromatic rings. The molecule has 0 amide bonds. The second-order valence-corrected chi connectivity index (χ2v) is 32.0. The van der Waals surface area contributed by atoms with Crippen molar-refractivity contribution in [3.8, 4) is 0 Å². The molecule has 0 radical (unpaired) electrons. The minimum atomic E-state index is -0.669. The second-order valence-electron chi connectivity index (χ2n) is 32.0. The highest BCUT2D eigenvalue weighted by atomic mass is 16.6. The van der Waals surface area contributed by atoms with E-state index in [0.717, 1.165) is 66.3 Å². The van der Waals surface area contributed by atoms with Crippen LogP contribution >= 0.6 is 0 Å². The summed E-state index contributed by atoms with van der Waals surface area (Å²) in [6, 6.07) is 79.5. The first-order valence-corrected chi connectivity index (χ1v) is 43.5. The number of carbonyl (C=O) groups is 1. The average molecular weight is 1670 g/mol. The van der Waals surface area contributed by atoms with E-state index in [1.54, 1.807) is 13.0 Å². The number of allylic oxidation sites excluding steroid dienone is 1. The maximum absolute atomic E-state index is 11.9. The molecule has 26 nitrogen and oxygen atoms in total. The van der Waals surface area contributed by atoms with Crippen molar-refractivity contribution in [1.82, 2.24) is 25.8 Å². The molecular formula is C96H125N11O15. The number of nitrogens with two attached hydrogens (primary N) is 1. The quantitative estimate of drug-likeness (QED) is 0.0206. The molecule has 0 aliphatic carbocycles. The molecule has 6 saturated heterocycles. The van der Waals surface area contributed by atoms with Crippen LogP contribution < -0.4 is 21.7 Å². The van der Waals surface area contributed by atoms with Crippen LogP contribution in [0, 0.1) is 50.6 Å². The van der Waals surface area contributed by atoms with Crippen LogP contribution in [0.1, 0.15) is 244 Å². The Morgan fingerprint density at radius 1 is 0.508 bits per heavy atom. The van der Waals surface area contributed by atoms with Gasteiger partial charge < -0.3 is 30.4 Å². The van der Waals surface area contributed by atoms with Gasteiger partial charge in [-0.2, -0.15) is 0 Å². The summed E-state index contributed by atoms with van der Waals surface area (Å²) in [6.07, 6.45) is 14.4. The van der Waals surface area contributed by atoms with Crippen LogP contribution in [0.15, 0.2) is 248 Å². The van der Waals surface area contributed by atoms with Gasteiger partial charge in [0.1, 0.15) is 35.0 Å². The summed E-state index contributed by atoms with van der Waals surface area (Å²) in [5.41, 5.74) is 13.7. The molecule has 0 bridgehead atoms. The molecule has 6 aliphatic rings. The maximum Gasteiger partial charge on any atom is 0.247 e. The number of likely N-dealkylation sites (tertiary alicyclic amines) is 1. The highest BCUT2D eigenvalue weighted by molar-refractivity contribution is 5.77. The van der Waals surface area contributed by atoms with Crippen molar-refractivity contribution < 1.29 is 48.7 Å². The summed E-state index contributed by atoms with van der Waals surface area (Å²) in [5, 5.41) is 76.3. The Labute approximate surface area is 718 Å². The third-order valence-electron chi connectivity index (χ3n) is 24.5. The van der Waals surface area contributed by atoms with Gasteiger partial charge in [-0.15, -0.1) is 0 Å². The fraction of sp³-hybridized carbons (Fsp3) is 0.469. The standard InChI is InChI=1S/2C21H24N2O3.C21H26N2O3.C14H20N2O3.C13H20N2.C6H11NO3/c1-2-21-14-13-18(23(24)25)20(17-11-7-4-8-12-17)22(21)19(15-26-21)16-9-5-3-6-10-16;1-2-21(22-20(16-26-21)18-11-7-4-8-12-18)14-13-19(23(24)25)15-17-9-5-3-6-10-17;1-2-18-13-14-19(23(25)26)21(17-11-7-4-8-12-17)22(18)20(15-24)16-9-5-3-6-10-16;1-2-14(9-6-10-16(17)18)15-13(11-19-14)12-7-4-3-5-8-12;1-2-11-8-9-12(14)13(15-11)10-6-4-3-5-7-10;1-2-6(8)4-3-5-7(9)10/h3-12,18-20H,2,13-15H2,1H3;3-12,15,20,22H,2,13-14,16H2,1H3;3-12,18-21,24H,2,13-15H2,1H3;3-5,7-8,13,15H,2,6,9-11H2,1H3;3-7,11-13,15H,2,8-9,14H2,1H3;2-5H2,1H3/b;19-15-;;;;/t;20-,21?;18-,19-,20?,21-;13-,14?;11-,12-,13-;/m.0000./s1. The van der Waals surface area contributed by atoms with E-state index in [0.29, 0.717) is 96.1 Å². The first-order valence-electron chi connectivity index (χ1n) is 43.5. The normalized spacial score (nSPS) is 25.7. The van der Waals surface area contributed by atoms with Crippen LogP contribution in [0.5, 0.6) is 0 Å². The Morgan fingerprint density at radius 2 is 0.967 bits per heavy atom. The van der Waals surface area contributed by atoms with E-state index >= 15 is 0 Å². The van der Waals surface area contributed by atoms with Crippen molar-refractivity contribution in [2.45, 2.75) is 247 Å². The number of piperidine rings is 3. The molecule has 26 heteroatoms. The third kappa shape index (κ3) is 26.9. The van der Waals surface area contributed by atoms with E-state index < -0.39 is 34.2 Å². The molecule has 8 aromatic carbocycles. The van der Waals surface area contributed by atoms with Gasteiger partial charge in [0.2, 0.25) is 30.9 Å². The van der Waals surface area contributed by atoms with Gasteiger partial charge >= 0.3 is 0 Å². The predicted octanol–water partition coefficient (Wildman–Crippen LogP) is 18.6. The predicted molar refractivity (Wildman–Crippen MR) is 475 cm³/mol. The van der Waals surface area contributed by atoms with Crippen LogP contribution in [0.3, 0.4) is 0 Å². The number of nitro groups is 5. The molecule has 6 N–H and O–H groups in total. The molecular weight excluding hydrogens is 1550 g/mol. The van der Waals surface area contributed by atoms with E-state index in [-0.39, 0.29) is 99.2 Å². The lowest BCUT2D eigenvalue weighted by molar-refractivity contribution is -0.540. The number of hydrogen-bond acceptors (Lipinski definition) is 21. The minimum Gasteiger partial charge on any atom is -0.394 e. The van der Waals surface area contributed by atoms with Crippen LogP contribution in [-0.4, -0.2) is 132 Å². The Hall–Kier alpha value is -10.2. The van der Waals surface area contributed by atoms with E-state index in [4.69, 9.17) is 19.9 Å². The van der Waals surface area contributed by atoms with Gasteiger partial charge in [0.15, 0.2) is 0 Å². The average Bonchev–Trinajstić information content (AvgIpc) is 1.61. The van der Waals surface area contributed by atoms with Crippen LogP contribution in [-0.2, 0) is 19.0 Å². The first kappa shape index (κ1) is 95.6. The number of hydrogen-bond donors (Lipinski definition) is 5. The lowest BCUT2D eigenvalue weighted by Gasteiger charge is -2.48. The van der Waals surface area contributed by atoms with Gasteiger partial charge in [0.25, 0.3) is 0 Å². The van der Waals surface area contributed by atoms with Crippen molar-refractivity contribution in [2.75, 3.05) is 39.5 Å². The van der Waals surface area contributed by atoms with Crippen LogP contribution in [0.4, 0.5) is 0 Å². The van der Waals surface area contributed by atoms with E-state index in [1.165, 1.54) is 29.5 Å². The highest BCUT2D eigenvalue weighted by Gasteiger charge is 2.58. The van der Waals surface area contributed by atoms with Gasteiger partial charge in [-0.25, -0.2) is 0 Å². The number of nitrogens with zero attached hydrogens (tertiary/aromatic N) is 7. The molecule has 6 heterocycles. The summed E-state index contributed by atoms with van der Waals surface area (Å²) >= 11 is 0. The summed E-state index contributed by atoms with van der Waals surface area (Å²) in [6.45, 7) is 13.9. The largest absolute Gasteiger partial charge is 0.394 e. The highest BCUT2D eigenvalue weighted by Crippen LogP contribution is 2.53. The maximum atomic E-state index is 11.9. The topological polar surface area (TPSA) is 349 Å². The van der Waals surface area contributed by atoms with Gasteiger partial charge in [-0.3, -0.25) is 75.8 Å². The Bertz CT molecular complexity index is 4450. The molecule has 122 heavy (non-hydrogen) atoms. The van der Waals surface area contributed by atoms with Gasteiger partial charge in [0.05, 0.1) is 55.5 Å². The fourth-order valence-corrected chi connectivity index (χ4v) is 17.7. The number of ether oxygens (including phenoxy) is 3. The molecule has 7 unspecified atom stereocenters. The Morgan fingerprint density at radius 3 is 1.43 bits per heavy atom. The molecule has 6 aliphatic heterocycles. The zero-order valence-corrected chi connectivity index (χ0v) is 71.4. The molecule has 15 atom stereocenters. The molecule has 0 spiro atoms. The van der Waals surface area contributed by atoms with Crippen LogP contribution in [0.2, 0.25) is 0 Å². The third-order valence-corrected chi connectivity index (χ3v) is 24.5. The van der Waals surface area contributed by atoms with Gasteiger partial charge in [-0.1, -0.05) is 284 Å². The molecule has 6 fully saturated rings. The molecule has 14 rings (SSSR count). The zero-order chi connectivity index (χ0) is 87.4. The summed E-state index contributed by atoms with van der Waals surface area (Å²) in [7, 11) is 0. The van der Waals surface area contributed by atoms with Crippen molar-refractivity contribution in [1.29, 1.82) is 0 Å². The number of fused-ring (bicyclic) bond motifs is 1. The van der Waals surface area contributed by atoms with E-state index in [2.05, 4.69) is 113 Å². The number of aliphatic hydroxyl groups is 1. The zero-order valence-electron chi connectivity index (χ0n) is 71.4. The Kier molecular flexibility index (Phi) is 38.1. The van der Waals surface area contributed by atoms with Gasteiger partial charge in [0, 0.05) is 94.9 Å². The van der Waals surface area contributed by atoms with Crippen LogP contribution in [0.25, 0.3) is 6.08 Å². The van der Waals surface area contributed by atoms with E-state index in [9.17, 15) is 60.5 Å². The Balaban J connectivity index is 0.000000170. The monoisotopic (exact) mass is 1670 g/mol. The van der Waals surface area contributed by atoms with Crippen molar-refractivity contribution in [3.05, 3.63) is 343 Å². The smallest absolute Gasteiger partial charge is 0.247 e. The number of Topliss-reactive ketones (excluding diaryl/α,β-unsaturated/α-hetero) is 1. The summed E-state index contributed by atoms with van der Waals surface area (Å²) < 4.78 is 18.3. The van der Waals surface area contributed by atoms with Crippen molar-refractivity contribution >= 4 is 11.9 Å². The summed E-state index contributed by atoms with van der Waals surface area (Å²) in [5.74, 6) is 0.0989. The first-order chi connectivity index (χ1) is 59.1. The van der Waals surface area contributed by atoms with Gasteiger partial charge in [-0.05, 0) is 115 Å². The number of ketones is 1. The number of rotatable bonds is 30. The molecule has 0 saturated carbocycles. The SMILES string of the molecule is CCC(=O)CCC[N+](=O)[O-].CCC1(CC/C(=C/c2ccccc2)[N+](=O)[O-])N[C@H](c2ccccc2)CO1.CCC1(CCC[N+](=O)[O-])N[C@H](c2ccccc2)CO1.CCC12CCC([N+](=O)[O-])C(c3ccccc3)N1C(c1ccccc1)CO2.CC[C@H]1CC[C@H](N)[C@H](c2ccccc2)N1.CC[C@H]1CC[C@H]([N+](=O)[O-])[C@H](c2ccccc2)N1C(CO)c1ccccc1. The lowest BCUT2D eigenvalue weighted by atomic mass is 9.82. The fourth-order valence-electron chi connectivity index (χ4n) is 17.7. The number of benzene rings is 8. The van der Waals surface area contributed by atoms with Crippen molar-refractivity contribution in [3.63, 3.8) is 0 Å². The molecule has 0 aromatic heterocycles. The van der Waals surface area contributed by atoms with E-state index in [1.807, 2.05) is 190 Å².